The maximum absolute atomic E-state index is 12.8. The Morgan fingerprint density at radius 3 is 2.61 bits per heavy atom. The summed E-state index contributed by atoms with van der Waals surface area (Å²) in [6, 6.07) is 13.2. The second-order valence-corrected chi connectivity index (χ2v) is 5.56. The molecule has 0 atom stereocenters. The van der Waals surface area contributed by atoms with Crippen molar-refractivity contribution in [2.45, 2.75) is 19.3 Å². The van der Waals surface area contributed by atoms with Gasteiger partial charge in [0.2, 0.25) is 0 Å². The lowest BCUT2D eigenvalue weighted by Gasteiger charge is -2.18. The molecule has 0 saturated heterocycles. The van der Waals surface area contributed by atoms with E-state index in [2.05, 4.69) is 5.10 Å². The first kappa shape index (κ1) is 15.6. The van der Waals surface area contributed by atoms with Crippen LogP contribution >= 0.6 is 0 Å². The predicted octanol–water partition coefficient (Wildman–Crippen LogP) is 3.99. The number of fused-ring (bicyclic) bond motifs is 1. The van der Waals surface area contributed by atoms with E-state index in [4.69, 9.17) is 0 Å². The average Bonchev–Trinajstić information content (AvgIpc) is 2.96. The first-order valence-corrected chi connectivity index (χ1v) is 7.20. The number of aromatic nitrogens is 2. The van der Waals surface area contributed by atoms with E-state index in [-0.39, 0.29) is 0 Å². The van der Waals surface area contributed by atoms with Gasteiger partial charge in [-0.15, -0.1) is 0 Å². The molecule has 3 nitrogen and oxygen atoms in total. The summed E-state index contributed by atoms with van der Waals surface area (Å²) < 4.78 is 40.1. The highest BCUT2D eigenvalue weighted by molar-refractivity contribution is 5.46. The van der Waals surface area contributed by atoms with Crippen molar-refractivity contribution in [1.82, 2.24) is 14.5 Å². The van der Waals surface area contributed by atoms with Crippen molar-refractivity contribution >= 4 is 5.52 Å². The molecule has 3 rings (SSSR count). The highest BCUT2D eigenvalue weighted by atomic mass is 19.4. The SMILES string of the molecule is CN(Cc1cccc(C(F)(F)F)c1)Cc1cccc2ccnn12. The fourth-order valence-electron chi connectivity index (χ4n) is 2.62. The zero-order valence-corrected chi connectivity index (χ0v) is 12.6. The number of benzene rings is 1. The van der Waals surface area contributed by atoms with Crippen LogP contribution in [0.1, 0.15) is 16.8 Å². The number of rotatable bonds is 4. The molecule has 1 aromatic carbocycles. The van der Waals surface area contributed by atoms with Crippen LogP contribution < -0.4 is 0 Å². The smallest absolute Gasteiger partial charge is 0.296 e. The first-order valence-electron chi connectivity index (χ1n) is 7.20. The second-order valence-electron chi connectivity index (χ2n) is 5.56. The molecule has 0 bridgehead atoms. The van der Waals surface area contributed by atoms with E-state index in [0.717, 1.165) is 17.3 Å². The van der Waals surface area contributed by atoms with Gasteiger partial charge in [-0.3, -0.25) is 4.90 Å². The zero-order chi connectivity index (χ0) is 16.4. The molecule has 0 unspecified atom stereocenters. The fraction of sp³-hybridized carbons (Fsp3) is 0.235. The molecular formula is C17H16F3N3. The molecule has 0 radical (unpaired) electrons. The van der Waals surface area contributed by atoms with E-state index in [1.807, 2.05) is 40.7 Å². The molecule has 0 amide bonds. The van der Waals surface area contributed by atoms with Crippen LogP contribution in [0.3, 0.4) is 0 Å². The summed E-state index contributed by atoms with van der Waals surface area (Å²) in [5, 5.41) is 4.27. The van der Waals surface area contributed by atoms with Crippen molar-refractivity contribution < 1.29 is 13.2 Å². The standard InChI is InChI=1S/C17H16F3N3/c1-22(11-13-4-2-5-14(10-13)17(18,19)20)12-16-7-3-6-15-8-9-21-23(15)16/h2-10H,11-12H2,1H3. The monoisotopic (exact) mass is 319 g/mol. The molecule has 0 aliphatic carbocycles. The minimum Gasteiger partial charge on any atom is -0.296 e. The normalized spacial score (nSPS) is 12.2. The minimum absolute atomic E-state index is 0.432. The lowest BCUT2D eigenvalue weighted by atomic mass is 10.1. The Morgan fingerprint density at radius 2 is 1.83 bits per heavy atom. The van der Waals surface area contributed by atoms with Gasteiger partial charge >= 0.3 is 6.18 Å². The van der Waals surface area contributed by atoms with Crippen LogP contribution in [0.2, 0.25) is 0 Å². The Hall–Kier alpha value is -2.34. The van der Waals surface area contributed by atoms with Crippen LogP contribution in [0.25, 0.3) is 5.52 Å². The van der Waals surface area contributed by atoms with Gasteiger partial charge in [-0.1, -0.05) is 24.3 Å². The summed E-state index contributed by atoms with van der Waals surface area (Å²) in [6.07, 6.45) is -2.58. The largest absolute Gasteiger partial charge is 0.416 e. The van der Waals surface area contributed by atoms with Crippen LogP contribution in [0.15, 0.2) is 54.7 Å². The van der Waals surface area contributed by atoms with Gasteiger partial charge in [0.05, 0.1) is 16.8 Å². The van der Waals surface area contributed by atoms with E-state index < -0.39 is 11.7 Å². The molecule has 0 N–H and O–H groups in total. The van der Waals surface area contributed by atoms with Crippen molar-refractivity contribution in [2.24, 2.45) is 0 Å². The molecule has 2 heterocycles. The number of alkyl halides is 3. The second kappa shape index (κ2) is 6.04. The number of hydrogen-bond acceptors (Lipinski definition) is 2. The summed E-state index contributed by atoms with van der Waals surface area (Å²) in [6.45, 7) is 1.02. The lowest BCUT2D eigenvalue weighted by molar-refractivity contribution is -0.137. The Kier molecular flexibility index (Phi) is 4.09. The lowest BCUT2D eigenvalue weighted by Crippen LogP contribution is -2.19. The molecular weight excluding hydrogens is 303 g/mol. The molecule has 0 aliphatic rings. The third-order valence-corrected chi connectivity index (χ3v) is 3.64. The van der Waals surface area contributed by atoms with Crippen LogP contribution in [-0.2, 0) is 19.3 Å². The molecule has 120 valence electrons. The Morgan fingerprint density at radius 1 is 1.04 bits per heavy atom. The number of nitrogens with zero attached hydrogens (tertiary/aromatic N) is 3. The number of hydrogen-bond donors (Lipinski definition) is 0. The summed E-state index contributed by atoms with van der Waals surface area (Å²) in [7, 11) is 1.88. The van der Waals surface area contributed by atoms with E-state index in [1.165, 1.54) is 12.1 Å². The van der Waals surface area contributed by atoms with Crippen LogP contribution in [0.5, 0.6) is 0 Å². The van der Waals surface area contributed by atoms with E-state index in [0.29, 0.717) is 18.7 Å². The topological polar surface area (TPSA) is 20.5 Å². The maximum atomic E-state index is 12.8. The Balaban J connectivity index is 1.75. The average molecular weight is 319 g/mol. The van der Waals surface area contributed by atoms with Gasteiger partial charge in [0.1, 0.15) is 0 Å². The Bertz CT molecular complexity index is 808. The van der Waals surface area contributed by atoms with Crippen molar-refractivity contribution in [3.63, 3.8) is 0 Å². The van der Waals surface area contributed by atoms with Crippen molar-refractivity contribution in [3.8, 4) is 0 Å². The first-order chi connectivity index (χ1) is 10.9. The van der Waals surface area contributed by atoms with Crippen LogP contribution in [0.4, 0.5) is 13.2 Å². The number of pyridine rings is 1. The van der Waals surface area contributed by atoms with Gasteiger partial charge in [0, 0.05) is 19.3 Å². The van der Waals surface area contributed by atoms with Gasteiger partial charge < -0.3 is 0 Å². The van der Waals surface area contributed by atoms with Gasteiger partial charge in [-0.2, -0.15) is 18.3 Å². The highest BCUT2D eigenvalue weighted by Gasteiger charge is 2.30. The summed E-state index contributed by atoms with van der Waals surface area (Å²) in [5.74, 6) is 0. The van der Waals surface area contributed by atoms with E-state index in [9.17, 15) is 13.2 Å². The van der Waals surface area contributed by atoms with Gasteiger partial charge in [0.15, 0.2) is 0 Å². The minimum atomic E-state index is -4.31. The van der Waals surface area contributed by atoms with E-state index in [1.54, 1.807) is 12.3 Å². The number of halogens is 3. The molecule has 0 spiro atoms. The third-order valence-electron chi connectivity index (χ3n) is 3.64. The van der Waals surface area contributed by atoms with E-state index >= 15 is 0 Å². The van der Waals surface area contributed by atoms with Crippen molar-refractivity contribution in [1.29, 1.82) is 0 Å². The van der Waals surface area contributed by atoms with Crippen molar-refractivity contribution in [2.75, 3.05) is 7.05 Å². The Labute approximate surface area is 132 Å². The van der Waals surface area contributed by atoms with Crippen LogP contribution in [-0.4, -0.2) is 21.6 Å². The fourth-order valence-corrected chi connectivity index (χ4v) is 2.62. The third kappa shape index (κ3) is 3.53. The molecule has 0 saturated carbocycles. The molecule has 0 aliphatic heterocycles. The molecule has 0 fully saturated rings. The molecule has 2 aromatic heterocycles. The quantitative estimate of drug-likeness (QED) is 0.725. The molecule has 6 heteroatoms. The van der Waals surface area contributed by atoms with Gasteiger partial charge in [-0.25, -0.2) is 4.52 Å². The predicted molar refractivity (Wildman–Crippen MR) is 81.8 cm³/mol. The summed E-state index contributed by atoms with van der Waals surface area (Å²) >= 11 is 0. The highest BCUT2D eigenvalue weighted by Crippen LogP contribution is 2.29. The molecule has 23 heavy (non-hydrogen) atoms. The van der Waals surface area contributed by atoms with Crippen molar-refractivity contribution in [3.05, 3.63) is 71.5 Å². The molecule has 3 aromatic rings. The summed E-state index contributed by atoms with van der Waals surface area (Å²) in [4.78, 5) is 1.96. The zero-order valence-electron chi connectivity index (χ0n) is 12.6. The maximum Gasteiger partial charge on any atom is 0.416 e. The van der Waals surface area contributed by atoms with Crippen LogP contribution in [0, 0.1) is 0 Å². The van der Waals surface area contributed by atoms with Gasteiger partial charge in [-0.05, 0) is 36.9 Å². The summed E-state index contributed by atoms with van der Waals surface area (Å²) in [5.41, 5.74) is 2.00. The van der Waals surface area contributed by atoms with Gasteiger partial charge in [0.25, 0.3) is 0 Å².